The van der Waals surface area contributed by atoms with Crippen molar-refractivity contribution >= 4 is 35.0 Å². The lowest BCUT2D eigenvalue weighted by Crippen LogP contribution is -2.38. The summed E-state index contributed by atoms with van der Waals surface area (Å²) in [5, 5.41) is 22.0. The molecule has 9 heteroatoms. The number of nitrogens with zero attached hydrogens (tertiary/aromatic N) is 2. The van der Waals surface area contributed by atoms with Crippen LogP contribution in [0.15, 0.2) is 76.3 Å². The maximum absolute atomic E-state index is 12.7. The van der Waals surface area contributed by atoms with Gasteiger partial charge in [-0.05, 0) is 54.3 Å². The number of carboxylic acids is 1. The molecular weight excluding hydrogens is 492 g/mol. The number of hydrogen-bond acceptors (Lipinski definition) is 7. The predicted molar refractivity (Wildman–Crippen MR) is 143 cm³/mol. The van der Waals surface area contributed by atoms with Gasteiger partial charge >= 0.3 is 5.97 Å². The maximum atomic E-state index is 12.7. The van der Waals surface area contributed by atoms with Crippen LogP contribution in [-0.4, -0.2) is 59.5 Å². The zero-order valence-electron chi connectivity index (χ0n) is 20.6. The highest BCUT2D eigenvalue weighted by Gasteiger charge is 2.25. The molecule has 1 amide bonds. The van der Waals surface area contributed by atoms with Crippen LogP contribution in [0.1, 0.15) is 24.5 Å². The second-order valence-corrected chi connectivity index (χ2v) is 9.68. The number of rotatable bonds is 11. The van der Waals surface area contributed by atoms with Crippen molar-refractivity contribution in [3.63, 3.8) is 0 Å². The summed E-state index contributed by atoms with van der Waals surface area (Å²) in [7, 11) is 0. The summed E-state index contributed by atoms with van der Waals surface area (Å²) in [6.45, 7) is 2.84. The molecule has 8 nitrogen and oxygen atoms in total. The number of carboxylic acid groups (broad SMARTS) is 1. The number of aliphatic carboxylic acids is 1. The first-order valence-electron chi connectivity index (χ1n) is 12.2. The van der Waals surface area contributed by atoms with Crippen LogP contribution in [0.2, 0.25) is 0 Å². The Bertz CT molecular complexity index is 1220. The van der Waals surface area contributed by atoms with Gasteiger partial charge in [0.15, 0.2) is 6.10 Å². The molecule has 4 rings (SSSR count). The standard InChI is InChI=1S/C28H30N2O6S/c1-2-35-25(28(32)33)16-19-7-10-22(11-8-19)36-14-13-30-24-12-9-20(17-26(24)37-18-27(30)31)15-21-5-3-4-6-23(21)29-34/h3-5,7-12,17,25,34H,2,6,13-16,18H2,1H3,(H,32,33). The Morgan fingerprint density at radius 3 is 2.70 bits per heavy atom. The summed E-state index contributed by atoms with van der Waals surface area (Å²) in [6.07, 6.45) is 6.57. The van der Waals surface area contributed by atoms with Gasteiger partial charge in [0.05, 0.1) is 23.7 Å². The van der Waals surface area contributed by atoms with Crippen molar-refractivity contribution in [3.05, 3.63) is 77.4 Å². The minimum Gasteiger partial charge on any atom is -0.492 e. The average molecular weight is 523 g/mol. The van der Waals surface area contributed by atoms with Crippen LogP contribution in [-0.2, 0) is 27.2 Å². The van der Waals surface area contributed by atoms with Gasteiger partial charge in [0.1, 0.15) is 12.4 Å². The molecule has 2 aromatic rings. The molecule has 0 saturated carbocycles. The first kappa shape index (κ1) is 26.5. The predicted octanol–water partition coefficient (Wildman–Crippen LogP) is 4.50. The smallest absolute Gasteiger partial charge is 0.333 e. The van der Waals surface area contributed by atoms with E-state index in [0.29, 0.717) is 49.8 Å². The molecule has 1 aliphatic heterocycles. The first-order chi connectivity index (χ1) is 18.0. The summed E-state index contributed by atoms with van der Waals surface area (Å²) in [6, 6.07) is 13.3. The Kier molecular flexibility index (Phi) is 9.03. The van der Waals surface area contributed by atoms with Gasteiger partial charge in [-0.1, -0.05) is 41.6 Å². The fraction of sp³-hybridized carbons (Fsp3) is 0.321. The minimum absolute atomic E-state index is 0.0367. The second kappa shape index (κ2) is 12.6. The van der Waals surface area contributed by atoms with Gasteiger partial charge in [0.2, 0.25) is 5.91 Å². The second-order valence-electron chi connectivity index (χ2n) is 8.66. The number of carbonyl (C=O) groups excluding carboxylic acids is 1. The van der Waals surface area contributed by atoms with Gasteiger partial charge in [-0.3, -0.25) is 4.79 Å². The van der Waals surface area contributed by atoms with E-state index in [9.17, 15) is 19.9 Å². The number of fused-ring (bicyclic) bond motifs is 1. The van der Waals surface area contributed by atoms with Gasteiger partial charge < -0.3 is 24.7 Å². The molecule has 194 valence electrons. The van der Waals surface area contributed by atoms with Crippen LogP contribution < -0.4 is 9.64 Å². The van der Waals surface area contributed by atoms with E-state index in [1.54, 1.807) is 24.0 Å². The summed E-state index contributed by atoms with van der Waals surface area (Å²) in [5.74, 6) is 0.0722. The number of thioether (sulfide) groups is 1. The molecule has 2 aromatic carbocycles. The number of allylic oxidation sites excluding steroid dienone is 4. The molecule has 1 heterocycles. The molecule has 37 heavy (non-hydrogen) atoms. The maximum Gasteiger partial charge on any atom is 0.333 e. The minimum atomic E-state index is -0.981. The van der Waals surface area contributed by atoms with Crippen molar-refractivity contribution in [2.24, 2.45) is 5.16 Å². The number of carbonyl (C=O) groups is 2. The Morgan fingerprint density at radius 2 is 1.97 bits per heavy atom. The number of ether oxygens (including phenoxy) is 2. The molecule has 0 aromatic heterocycles. The highest BCUT2D eigenvalue weighted by atomic mass is 32.2. The zero-order chi connectivity index (χ0) is 26.2. The Hall–Kier alpha value is -3.56. The Labute approximate surface area is 220 Å². The van der Waals surface area contributed by atoms with Gasteiger partial charge in [-0.15, -0.1) is 11.8 Å². The van der Waals surface area contributed by atoms with E-state index in [1.807, 2.05) is 42.5 Å². The molecule has 0 saturated heterocycles. The molecule has 0 radical (unpaired) electrons. The van der Waals surface area contributed by atoms with Crippen molar-refractivity contribution in [1.82, 2.24) is 0 Å². The topological polar surface area (TPSA) is 109 Å². The summed E-state index contributed by atoms with van der Waals surface area (Å²) in [4.78, 5) is 26.8. The van der Waals surface area contributed by atoms with Crippen molar-refractivity contribution in [2.45, 2.75) is 37.2 Å². The van der Waals surface area contributed by atoms with Crippen molar-refractivity contribution in [1.29, 1.82) is 0 Å². The molecule has 0 fully saturated rings. The van der Waals surface area contributed by atoms with Gasteiger partial charge in [0.25, 0.3) is 0 Å². The van der Waals surface area contributed by atoms with Crippen LogP contribution in [0.3, 0.4) is 0 Å². The number of anilines is 1. The molecule has 1 atom stereocenters. The lowest BCUT2D eigenvalue weighted by atomic mass is 9.95. The number of amides is 1. The molecule has 2 N–H and O–H groups in total. The van der Waals surface area contributed by atoms with Crippen LogP contribution in [0.5, 0.6) is 5.75 Å². The van der Waals surface area contributed by atoms with Crippen LogP contribution >= 0.6 is 11.8 Å². The molecule has 2 aliphatic rings. The lowest BCUT2D eigenvalue weighted by molar-refractivity contribution is -0.149. The van der Waals surface area contributed by atoms with E-state index < -0.39 is 12.1 Å². The SMILES string of the molecule is CCOC(Cc1ccc(OCCN2C(=O)CSc3cc(CC4=CC=CCC4=NO)ccc32)cc1)C(=O)O. The highest BCUT2D eigenvalue weighted by Crippen LogP contribution is 2.36. The molecule has 0 bridgehead atoms. The molecule has 0 spiro atoms. The van der Waals surface area contributed by atoms with E-state index in [-0.39, 0.29) is 12.3 Å². The van der Waals surface area contributed by atoms with Crippen LogP contribution in [0, 0.1) is 0 Å². The monoisotopic (exact) mass is 522 g/mol. The average Bonchev–Trinajstić information content (AvgIpc) is 2.91. The first-order valence-corrected chi connectivity index (χ1v) is 13.2. The van der Waals surface area contributed by atoms with Crippen LogP contribution in [0.4, 0.5) is 5.69 Å². The summed E-state index contributed by atoms with van der Waals surface area (Å²) < 4.78 is 11.1. The van der Waals surface area contributed by atoms with Crippen molar-refractivity contribution in [3.8, 4) is 5.75 Å². The zero-order valence-corrected chi connectivity index (χ0v) is 21.4. The van der Waals surface area contributed by atoms with Gasteiger partial charge in [-0.25, -0.2) is 4.79 Å². The van der Waals surface area contributed by atoms with E-state index in [0.717, 1.165) is 27.3 Å². The largest absolute Gasteiger partial charge is 0.492 e. The highest BCUT2D eigenvalue weighted by molar-refractivity contribution is 8.00. The van der Waals surface area contributed by atoms with Crippen molar-refractivity contribution in [2.75, 3.05) is 30.4 Å². The molecular formula is C28H30N2O6S. The fourth-order valence-electron chi connectivity index (χ4n) is 4.29. The normalized spacial score (nSPS) is 16.9. The van der Waals surface area contributed by atoms with Crippen LogP contribution in [0.25, 0.3) is 0 Å². The molecule has 1 unspecified atom stereocenters. The Balaban J connectivity index is 1.35. The third kappa shape index (κ3) is 6.81. The number of hydrogen-bond donors (Lipinski definition) is 2. The van der Waals surface area contributed by atoms with Gasteiger partial charge in [-0.2, -0.15) is 0 Å². The van der Waals surface area contributed by atoms with E-state index in [2.05, 4.69) is 11.2 Å². The Morgan fingerprint density at radius 1 is 1.19 bits per heavy atom. The third-order valence-corrected chi connectivity index (χ3v) is 7.20. The number of benzene rings is 2. The summed E-state index contributed by atoms with van der Waals surface area (Å²) >= 11 is 1.53. The van der Waals surface area contributed by atoms with E-state index in [4.69, 9.17) is 9.47 Å². The van der Waals surface area contributed by atoms with E-state index in [1.165, 1.54) is 11.8 Å². The lowest BCUT2D eigenvalue weighted by Gasteiger charge is -2.29. The van der Waals surface area contributed by atoms with Gasteiger partial charge in [0, 0.05) is 24.3 Å². The molecule has 1 aliphatic carbocycles. The quantitative estimate of drug-likeness (QED) is 0.331. The number of oxime groups is 1. The van der Waals surface area contributed by atoms with Crippen molar-refractivity contribution < 1.29 is 29.4 Å². The van der Waals surface area contributed by atoms with E-state index >= 15 is 0 Å². The summed E-state index contributed by atoms with van der Waals surface area (Å²) in [5.41, 5.74) is 4.46. The third-order valence-electron chi connectivity index (χ3n) is 6.17. The fourth-order valence-corrected chi connectivity index (χ4v) is 5.29.